The fraction of sp³-hybridized carbons (Fsp3) is 0.350. The van der Waals surface area contributed by atoms with Gasteiger partial charge in [-0.25, -0.2) is 0 Å². The lowest BCUT2D eigenvalue weighted by atomic mass is 10.1. The van der Waals surface area contributed by atoms with E-state index in [2.05, 4.69) is 21.6 Å². The Bertz CT molecular complexity index is 876. The molecule has 26 heavy (non-hydrogen) atoms. The molecule has 136 valence electrons. The number of nitrogens with one attached hydrogen (secondary N) is 1. The van der Waals surface area contributed by atoms with Crippen molar-refractivity contribution in [1.82, 2.24) is 24.9 Å². The van der Waals surface area contributed by atoms with Crippen LogP contribution in [-0.4, -0.2) is 32.0 Å². The summed E-state index contributed by atoms with van der Waals surface area (Å²) in [5.41, 5.74) is 5.09. The lowest BCUT2D eigenvalue weighted by Gasteiger charge is -2.08. The first kappa shape index (κ1) is 17.9. The summed E-state index contributed by atoms with van der Waals surface area (Å²) in [7, 11) is 0. The molecule has 6 nitrogen and oxygen atoms in total. The van der Waals surface area contributed by atoms with Crippen LogP contribution in [-0.2, 0) is 13.1 Å². The van der Waals surface area contributed by atoms with Gasteiger partial charge in [-0.15, -0.1) is 0 Å². The predicted octanol–water partition coefficient (Wildman–Crippen LogP) is 2.87. The van der Waals surface area contributed by atoms with Crippen LogP contribution in [0.3, 0.4) is 0 Å². The van der Waals surface area contributed by atoms with E-state index in [0.717, 1.165) is 35.6 Å². The van der Waals surface area contributed by atoms with Crippen LogP contribution >= 0.6 is 0 Å². The van der Waals surface area contributed by atoms with E-state index in [1.54, 1.807) is 6.20 Å². The monoisotopic (exact) mass is 351 g/mol. The molecule has 1 amide bonds. The highest BCUT2D eigenvalue weighted by molar-refractivity contribution is 5.94. The molecule has 0 aliphatic rings. The van der Waals surface area contributed by atoms with Gasteiger partial charge in [-0.3, -0.25) is 14.2 Å². The van der Waals surface area contributed by atoms with Gasteiger partial charge in [-0.1, -0.05) is 12.1 Å². The SMILES string of the molecule is Cc1cc(C)n(Cc2ccc(C(=O)NCCCn3nccc3C)cc2)n1. The molecule has 0 aliphatic carbocycles. The summed E-state index contributed by atoms with van der Waals surface area (Å²) in [4.78, 5) is 12.2. The molecular weight excluding hydrogens is 326 g/mol. The molecule has 1 aromatic carbocycles. The Kier molecular flexibility index (Phi) is 5.51. The summed E-state index contributed by atoms with van der Waals surface area (Å²) in [5, 5.41) is 11.7. The predicted molar refractivity (Wildman–Crippen MR) is 101 cm³/mol. The molecule has 2 heterocycles. The van der Waals surface area contributed by atoms with E-state index < -0.39 is 0 Å². The fourth-order valence-corrected chi connectivity index (χ4v) is 2.94. The summed E-state index contributed by atoms with van der Waals surface area (Å²) >= 11 is 0. The van der Waals surface area contributed by atoms with Gasteiger partial charge in [0, 0.05) is 36.2 Å². The van der Waals surface area contributed by atoms with Crippen molar-refractivity contribution in [1.29, 1.82) is 0 Å². The normalized spacial score (nSPS) is 10.9. The zero-order chi connectivity index (χ0) is 18.5. The lowest BCUT2D eigenvalue weighted by Crippen LogP contribution is -2.25. The first-order valence-electron chi connectivity index (χ1n) is 8.89. The second-order valence-electron chi connectivity index (χ2n) is 6.59. The molecule has 0 radical (unpaired) electrons. The van der Waals surface area contributed by atoms with Gasteiger partial charge < -0.3 is 5.32 Å². The largest absolute Gasteiger partial charge is 0.352 e. The average Bonchev–Trinajstić information content (AvgIpc) is 3.17. The summed E-state index contributed by atoms with van der Waals surface area (Å²) in [6, 6.07) is 11.7. The molecule has 0 saturated carbocycles. The molecule has 0 spiro atoms. The molecule has 0 aliphatic heterocycles. The van der Waals surface area contributed by atoms with E-state index >= 15 is 0 Å². The van der Waals surface area contributed by atoms with E-state index in [0.29, 0.717) is 18.7 Å². The molecule has 3 aromatic rings. The number of rotatable bonds is 7. The van der Waals surface area contributed by atoms with Crippen molar-refractivity contribution in [2.75, 3.05) is 6.54 Å². The van der Waals surface area contributed by atoms with Crippen LogP contribution in [0.15, 0.2) is 42.6 Å². The van der Waals surface area contributed by atoms with Gasteiger partial charge in [0.2, 0.25) is 0 Å². The van der Waals surface area contributed by atoms with Gasteiger partial charge in [0.05, 0.1) is 12.2 Å². The van der Waals surface area contributed by atoms with E-state index in [9.17, 15) is 4.79 Å². The van der Waals surface area contributed by atoms with Gasteiger partial charge in [-0.05, 0) is 57.0 Å². The van der Waals surface area contributed by atoms with Crippen LogP contribution in [0.4, 0.5) is 0 Å². The number of nitrogens with zero attached hydrogens (tertiary/aromatic N) is 4. The maximum absolute atomic E-state index is 12.2. The highest BCUT2D eigenvalue weighted by Crippen LogP contribution is 2.09. The summed E-state index contributed by atoms with van der Waals surface area (Å²) in [6.07, 6.45) is 2.64. The van der Waals surface area contributed by atoms with E-state index in [-0.39, 0.29) is 5.91 Å². The number of aromatic nitrogens is 4. The number of carbonyl (C=O) groups is 1. The lowest BCUT2D eigenvalue weighted by molar-refractivity contribution is 0.0952. The Hall–Kier alpha value is -2.89. The van der Waals surface area contributed by atoms with Crippen LogP contribution < -0.4 is 5.32 Å². The highest BCUT2D eigenvalue weighted by atomic mass is 16.1. The quantitative estimate of drug-likeness (QED) is 0.666. The second kappa shape index (κ2) is 7.99. The number of hydrogen-bond acceptors (Lipinski definition) is 3. The minimum atomic E-state index is -0.0418. The standard InChI is InChI=1S/C20H25N5O/c1-15-13-17(3)25(23-15)14-18-5-7-19(8-6-18)20(26)21-10-4-12-24-16(2)9-11-22-24/h5-9,11,13H,4,10,12,14H2,1-3H3,(H,21,26). The first-order chi connectivity index (χ1) is 12.5. The van der Waals surface area contributed by atoms with Crippen LogP contribution in [0, 0.1) is 20.8 Å². The van der Waals surface area contributed by atoms with Crippen molar-refractivity contribution in [2.45, 2.75) is 40.3 Å². The third-order valence-corrected chi connectivity index (χ3v) is 4.41. The number of amides is 1. The number of aryl methyl sites for hydroxylation is 4. The van der Waals surface area contributed by atoms with Crippen molar-refractivity contribution in [3.05, 3.63) is 70.8 Å². The molecule has 0 bridgehead atoms. The number of benzene rings is 1. The van der Waals surface area contributed by atoms with Crippen LogP contribution in [0.25, 0.3) is 0 Å². The van der Waals surface area contributed by atoms with Crippen molar-refractivity contribution in [3.63, 3.8) is 0 Å². The van der Waals surface area contributed by atoms with Gasteiger partial charge in [-0.2, -0.15) is 10.2 Å². The maximum atomic E-state index is 12.2. The van der Waals surface area contributed by atoms with Gasteiger partial charge >= 0.3 is 0 Å². The average molecular weight is 351 g/mol. The third kappa shape index (κ3) is 4.39. The molecule has 0 unspecified atom stereocenters. The molecule has 6 heteroatoms. The fourth-order valence-electron chi connectivity index (χ4n) is 2.94. The molecule has 1 N–H and O–H groups in total. The maximum Gasteiger partial charge on any atom is 0.251 e. The van der Waals surface area contributed by atoms with Crippen molar-refractivity contribution < 1.29 is 4.79 Å². The Morgan fingerprint density at radius 2 is 1.81 bits per heavy atom. The van der Waals surface area contributed by atoms with E-state index in [1.165, 1.54) is 0 Å². The molecule has 0 atom stereocenters. The van der Waals surface area contributed by atoms with Crippen LogP contribution in [0.5, 0.6) is 0 Å². The van der Waals surface area contributed by atoms with E-state index in [1.807, 2.05) is 60.5 Å². The zero-order valence-corrected chi connectivity index (χ0v) is 15.6. The number of hydrogen-bond donors (Lipinski definition) is 1. The van der Waals surface area contributed by atoms with Crippen LogP contribution in [0.2, 0.25) is 0 Å². The Balaban J connectivity index is 1.49. The van der Waals surface area contributed by atoms with Gasteiger partial charge in [0.1, 0.15) is 0 Å². The summed E-state index contributed by atoms with van der Waals surface area (Å²) < 4.78 is 3.92. The molecule has 0 saturated heterocycles. The number of carbonyl (C=O) groups excluding carboxylic acids is 1. The molecule has 2 aromatic heterocycles. The Morgan fingerprint density at radius 3 is 2.42 bits per heavy atom. The smallest absolute Gasteiger partial charge is 0.251 e. The van der Waals surface area contributed by atoms with Crippen molar-refractivity contribution >= 4 is 5.91 Å². The third-order valence-electron chi connectivity index (χ3n) is 4.41. The minimum absolute atomic E-state index is 0.0418. The topological polar surface area (TPSA) is 64.7 Å². The Labute approximate surface area is 153 Å². The molecular formula is C20H25N5O. The molecule has 0 fully saturated rings. The molecule has 3 rings (SSSR count). The summed E-state index contributed by atoms with van der Waals surface area (Å²) in [5.74, 6) is -0.0418. The minimum Gasteiger partial charge on any atom is -0.352 e. The van der Waals surface area contributed by atoms with Gasteiger partial charge in [0.25, 0.3) is 5.91 Å². The first-order valence-corrected chi connectivity index (χ1v) is 8.89. The Morgan fingerprint density at radius 1 is 1.04 bits per heavy atom. The van der Waals surface area contributed by atoms with Crippen LogP contribution in [0.1, 0.15) is 39.4 Å². The van der Waals surface area contributed by atoms with Crippen molar-refractivity contribution in [2.24, 2.45) is 0 Å². The van der Waals surface area contributed by atoms with Gasteiger partial charge in [0.15, 0.2) is 0 Å². The van der Waals surface area contributed by atoms with E-state index in [4.69, 9.17) is 0 Å². The van der Waals surface area contributed by atoms with Crippen molar-refractivity contribution in [3.8, 4) is 0 Å². The zero-order valence-electron chi connectivity index (χ0n) is 15.6. The summed E-state index contributed by atoms with van der Waals surface area (Å²) in [6.45, 7) is 8.22. The highest BCUT2D eigenvalue weighted by Gasteiger charge is 2.06. The second-order valence-corrected chi connectivity index (χ2v) is 6.59.